The van der Waals surface area contributed by atoms with E-state index in [1.807, 2.05) is 38.1 Å². The van der Waals surface area contributed by atoms with Crippen molar-refractivity contribution in [2.45, 2.75) is 238 Å². The number of hydrogen-bond acceptors (Lipinski definition) is 6. The third-order valence-electron chi connectivity index (χ3n) is 18.9. The van der Waals surface area contributed by atoms with Crippen LogP contribution in [0.2, 0.25) is 0 Å². The summed E-state index contributed by atoms with van der Waals surface area (Å²) in [7, 11) is 2.10. The van der Waals surface area contributed by atoms with Crippen LogP contribution >= 0.6 is 15.7 Å². The van der Waals surface area contributed by atoms with Gasteiger partial charge in [0, 0.05) is 0 Å². The van der Waals surface area contributed by atoms with E-state index in [2.05, 4.69) is 255 Å². The van der Waals surface area contributed by atoms with Crippen LogP contribution < -0.4 is 64.0 Å². The molecule has 2 fully saturated rings. The Morgan fingerprint density at radius 1 is 0.380 bits per heavy atom. The monoisotopic (exact) mass is 1430 g/mol. The van der Waals surface area contributed by atoms with Gasteiger partial charge in [0.2, 0.25) is 0 Å². The Balaban J connectivity index is 0.000000275. The molecule has 4 aliphatic rings. The number of fused-ring (bicyclic) bond motifs is 2. The Morgan fingerprint density at radius 2 is 0.610 bits per heavy atom. The number of para-hydroxylation sites is 6. The molecule has 16 heteroatoms. The smallest absolute Gasteiger partial charge is 1.00 e. The number of hydroxylamine groups is 2. The van der Waals surface area contributed by atoms with Crippen molar-refractivity contribution in [3.63, 3.8) is 0 Å². The predicted octanol–water partition coefficient (Wildman–Crippen LogP) is 15.7. The molecule has 0 radical (unpaired) electrons. The number of ether oxygens (including phenoxy) is 2. The quantitative estimate of drug-likeness (QED) is 0.0689. The average Bonchev–Trinajstić information content (AvgIpc) is 1.59. The van der Waals surface area contributed by atoms with Crippen LogP contribution in [-0.4, -0.2) is 73.2 Å². The number of carbonyl (C=O) groups is 2. The van der Waals surface area contributed by atoms with E-state index in [-0.39, 0.29) is 48.5 Å². The summed E-state index contributed by atoms with van der Waals surface area (Å²) >= 11 is 0. The van der Waals surface area contributed by atoms with Crippen LogP contribution in [0.1, 0.15) is 281 Å². The minimum Gasteiger partial charge on any atom is -1.00 e. The number of anilines is 6. The second-order valence-corrected chi connectivity index (χ2v) is 32.0. The third-order valence-corrected chi connectivity index (χ3v) is 21.1. The van der Waals surface area contributed by atoms with E-state index in [1.165, 1.54) is 88.5 Å². The summed E-state index contributed by atoms with van der Waals surface area (Å²) in [5, 5.41) is 2.95. The topological polar surface area (TPSA) is 90.5 Å². The van der Waals surface area contributed by atoms with Crippen molar-refractivity contribution in [1.29, 1.82) is 0 Å². The van der Waals surface area contributed by atoms with E-state index in [0.717, 1.165) is 53.0 Å². The number of amides is 2. The molecule has 0 aromatic heterocycles. The van der Waals surface area contributed by atoms with Crippen molar-refractivity contribution < 1.29 is 53.6 Å². The van der Waals surface area contributed by atoms with Gasteiger partial charge in [-0.15, -0.1) is 0 Å². The van der Waals surface area contributed by atoms with Gasteiger partial charge in [-0.05, 0) is 0 Å². The van der Waals surface area contributed by atoms with Crippen molar-refractivity contribution in [2.24, 2.45) is 11.8 Å². The SMILES string of the molecule is CCC1Oc2c(C=[P+]=C3N(c4c(C(C)C)cccc4C(C)C)CCN3c3c(C(C)C)cccc3C(C)C)cccc2N(C(=O)CC(C)C)O1.CCC1Oc2c(C=[P+]=C3N(c4c(C(C)C)cccc4C(C)C)CCN3c3c(C(C)C)cccc3C(C)C)cccc2N(C(=O)CC(C)C)O1.[Cl-].[Cl-]. The summed E-state index contributed by atoms with van der Waals surface area (Å²) < 4.78 is 12.9. The molecule has 0 spiro atoms. The van der Waals surface area contributed by atoms with Crippen molar-refractivity contribution in [3.8, 4) is 11.5 Å². The molecular formula is C84H114Cl2N6O6P2. The van der Waals surface area contributed by atoms with Gasteiger partial charge in [0.1, 0.15) is 0 Å². The van der Waals surface area contributed by atoms with Crippen molar-refractivity contribution in [3.05, 3.63) is 165 Å². The van der Waals surface area contributed by atoms with Crippen molar-refractivity contribution in [2.75, 3.05) is 55.9 Å². The second kappa shape index (κ2) is 35.9. The van der Waals surface area contributed by atoms with Crippen LogP contribution in [0.15, 0.2) is 109 Å². The average molecular weight is 1440 g/mol. The first-order chi connectivity index (χ1) is 46.7. The fraction of sp³-hybridized carbons (Fsp3) is 0.500. The minimum atomic E-state index is -0.528. The molecular weight excluding hydrogens is 1320 g/mol. The molecule has 4 aliphatic heterocycles. The number of nitrogens with zero attached hydrogens (tertiary/aromatic N) is 6. The van der Waals surface area contributed by atoms with Gasteiger partial charge < -0.3 is 24.8 Å². The number of rotatable bonds is 20. The first-order valence-corrected chi connectivity index (χ1v) is 38.6. The molecule has 2 amide bonds. The summed E-state index contributed by atoms with van der Waals surface area (Å²) in [6, 6.07) is 39.4. The molecule has 4 heterocycles. The molecule has 100 heavy (non-hydrogen) atoms. The van der Waals surface area contributed by atoms with Gasteiger partial charge >= 0.3 is 595 Å². The predicted molar refractivity (Wildman–Crippen MR) is 420 cm³/mol. The molecule has 2 atom stereocenters. The Kier molecular flexibility index (Phi) is 29.1. The maximum Gasteiger partial charge on any atom is -1.00 e. The Morgan fingerprint density at radius 3 is 0.820 bits per heavy atom. The van der Waals surface area contributed by atoms with E-state index in [1.54, 1.807) is 0 Å². The summed E-state index contributed by atoms with van der Waals surface area (Å²) in [5.74, 6) is 9.36. The number of hydrogen-bond donors (Lipinski definition) is 0. The molecule has 0 N–H and O–H groups in total. The zero-order valence-electron chi connectivity index (χ0n) is 63.9. The standard InChI is InChI=1S/2C42H57N3O3P.2ClH/c2*1-12-38-47-41-31(16-13-21-36(41)45(48-38)37(46)24-26(2)3)25-49-42-43(39-32(27(4)5)17-14-18-33(39)28(6)7)22-23-44(42)40-34(29(8)9)19-15-20-35(40)30(10)11;;/h2*13-21,25-30,38H,12,22-24H2,1-11H3;2*1H/q2*+1;;/p-2. The molecule has 540 valence electrons. The van der Waals surface area contributed by atoms with Crippen LogP contribution in [0.4, 0.5) is 34.1 Å². The summed E-state index contributed by atoms with van der Waals surface area (Å²) in [6.07, 6.45) is 1.02. The molecule has 10 rings (SSSR count). The molecule has 12 nitrogen and oxygen atoms in total. The molecule has 0 saturated carbocycles. The molecule has 6 aromatic rings. The van der Waals surface area contributed by atoms with Crippen molar-refractivity contribution >= 4 is 84.3 Å². The Hall–Kier alpha value is -6.10. The van der Waals surface area contributed by atoms with Crippen LogP contribution in [0.5, 0.6) is 11.5 Å². The van der Waals surface area contributed by atoms with Gasteiger partial charge in [-0.1, -0.05) is 0 Å². The Bertz CT molecular complexity index is 3450. The van der Waals surface area contributed by atoms with Crippen LogP contribution in [0.3, 0.4) is 0 Å². The summed E-state index contributed by atoms with van der Waals surface area (Å²) in [4.78, 5) is 49.3. The van der Waals surface area contributed by atoms with Gasteiger partial charge in [-0.2, -0.15) is 0 Å². The third kappa shape index (κ3) is 17.9. The minimum absolute atomic E-state index is 0. The fourth-order valence-corrected chi connectivity index (χ4v) is 16.1. The van der Waals surface area contributed by atoms with E-state index >= 15 is 0 Å². The zero-order chi connectivity index (χ0) is 71.1. The van der Waals surface area contributed by atoms with Gasteiger partial charge in [-0.3, -0.25) is 0 Å². The van der Waals surface area contributed by atoms with Crippen LogP contribution in [0.25, 0.3) is 0 Å². The first kappa shape index (κ1) is 81.2. The molecule has 0 aliphatic carbocycles. The first-order valence-electron chi connectivity index (χ1n) is 36.7. The fourth-order valence-electron chi connectivity index (χ4n) is 13.9. The van der Waals surface area contributed by atoms with Crippen LogP contribution in [-0.2, 0) is 19.3 Å². The normalized spacial score (nSPS) is 16.0. The second-order valence-electron chi connectivity index (χ2n) is 30.2. The largest absolute Gasteiger partial charge is 1.00 e. The van der Waals surface area contributed by atoms with Gasteiger partial charge in [-0.25, -0.2) is 0 Å². The number of halogens is 2. The van der Waals surface area contributed by atoms with Crippen LogP contribution in [0, 0.1) is 11.8 Å². The maximum absolute atomic E-state index is 13.4. The molecule has 2 saturated heterocycles. The van der Waals surface area contributed by atoms with E-state index in [4.69, 9.17) is 19.1 Å². The maximum atomic E-state index is 13.4. The van der Waals surface area contributed by atoms with E-state index < -0.39 is 12.6 Å². The number of benzene rings is 6. The molecule has 6 aromatic carbocycles. The van der Waals surface area contributed by atoms with Gasteiger partial charge in [0.15, 0.2) is 0 Å². The number of carbonyl (C=O) groups excluding carboxylic acids is 2. The van der Waals surface area contributed by atoms with Crippen molar-refractivity contribution in [1.82, 2.24) is 0 Å². The zero-order valence-corrected chi connectivity index (χ0v) is 67.2. The summed E-state index contributed by atoms with van der Waals surface area (Å²) in [6.45, 7) is 52.7. The van der Waals surface area contributed by atoms with Gasteiger partial charge in [0.05, 0.1) is 0 Å². The molecule has 0 bridgehead atoms. The molecule has 2 unspecified atom stereocenters. The summed E-state index contributed by atoms with van der Waals surface area (Å²) in [5.41, 5.74) is 22.2. The van der Waals surface area contributed by atoms with Gasteiger partial charge in [0.25, 0.3) is 0 Å². The Labute approximate surface area is 616 Å². The van der Waals surface area contributed by atoms with E-state index in [9.17, 15) is 9.59 Å². The van der Waals surface area contributed by atoms with E-state index in [0.29, 0.717) is 95.9 Å².